The average molecular weight is 259 g/mol. The fourth-order valence-corrected chi connectivity index (χ4v) is 2.61. The van der Waals surface area contributed by atoms with Crippen LogP contribution in [-0.2, 0) is 13.5 Å². The molecular formula is C16H25N3. The van der Waals surface area contributed by atoms with Crippen LogP contribution in [0.15, 0.2) is 30.5 Å². The van der Waals surface area contributed by atoms with Crippen LogP contribution in [0.2, 0.25) is 0 Å². The molecule has 0 aliphatic heterocycles. The van der Waals surface area contributed by atoms with E-state index in [2.05, 4.69) is 61.2 Å². The Kier molecular flexibility index (Phi) is 4.61. The van der Waals surface area contributed by atoms with Crippen LogP contribution in [0.4, 0.5) is 0 Å². The first-order valence-electron chi connectivity index (χ1n) is 7.10. The average Bonchev–Trinajstić information content (AvgIpc) is 2.72. The molecule has 1 atom stereocenters. The van der Waals surface area contributed by atoms with Crippen LogP contribution in [0.5, 0.6) is 0 Å². The van der Waals surface area contributed by atoms with Gasteiger partial charge in [0.2, 0.25) is 0 Å². The number of rotatable bonds is 6. The first kappa shape index (κ1) is 14.1. The Morgan fingerprint density at radius 2 is 2.00 bits per heavy atom. The molecular weight excluding hydrogens is 234 g/mol. The van der Waals surface area contributed by atoms with E-state index in [0.29, 0.717) is 18.5 Å². The topological polar surface area (TPSA) is 43.0 Å². The van der Waals surface area contributed by atoms with E-state index in [-0.39, 0.29) is 0 Å². The number of nitrogens with one attached hydrogen (secondary N) is 1. The van der Waals surface area contributed by atoms with Gasteiger partial charge < -0.3 is 15.6 Å². The lowest BCUT2D eigenvalue weighted by Gasteiger charge is -2.20. The largest absolute Gasteiger partial charge is 0.350 e. The van der Waals surface area contributed by atoms with Crippen molar-refractivity contribution in [1.82, 2.24) is 9.88 Å². The summed E-state index contributed by atoms with van der Waals surface area (Å²) >= 11 is 0. The minimum atomic E-state index is 0.412. The molecule has 0 amide bonds. The summed E-state index contributed by atoms with van der Waals surface area (Å²) in [6, 6.07) is 8.98. The summed E-state index contributed by atoms with van der Waals surface area (Å²) in [5, 5.41) is 4.92. The molecule has 0 saturated heterocycles. The van der Waals surface area contributed by atoms with Gasteiger partial charge in [-0.25, -0.2) is 0 Å². The van der Waals surface area contributed by atoms with Gasteiger partial charge in [-0.15, -0.1) is 0 Å². The molecule has 19 heavy (non-hydrogen) atoms. The fourth-order valence-electron chi connectivity index (χ4n) is 2.61. The van der Waals surface area contributed by atoms with Crippen molar-refractivity contribution in [2.75, 3.05) is 13.1 Å². The predicted molar refractivity (Wildman–Crippen MR) is 82.3 cm³/mol. The maximum atomic E-state index is 5.78. The second-order valence-electron chi connectivity index (χ2n) is 5.57. The van der Waals surface area contributed by atoms with Crippen molar-refractivity contribution in [2.45, 2.75) is 26.3 Å². The summed E-state index contributed by atoms with van der Waals surface area (Å²) in [6.45, 7) is 6.10. The zero-order valence-electron chi connectivity index (χ0n) is 12.2. The smallest absolute Gasteiger partial charge is 0.0480 e. The van der Waals surface area contributed by atoms with Gasteiger partial charge >= 0.3 is 0 Å². The van der Waals surface area contributed by atoms with E-state index < -0.39 is 0 Å². The van der Waals surface area contributed by atoms with Crippen LogP contribution in [-0.4, -0.2) is 23.7 Å². The maximum Gasteiger partial charge on any atom is 0.0480 e. The fraction of sp³-hybridized carbons (Fsp3) is 0.500. The van der Waals surface area contributed by atoms with Crippen molar-refractivity contribution in [1.29, 1.82) is 0 Å². The van der Waals surface area contributed by atoms with Crippen LogP contribution in [0.25, 0.3) is 10.9 Å². The molecule has 2 aromatic rings. The quantitative estimate of drug-likeness (QED) is 0.836. The minimum absolute atomic E-state index is 0.412. The Labute approximate surface area is 115 Å². The second kappa shape index (κ2) is 6.22. The highest BCUT2D eigenvalue weighted by Gasteiger charge is 2.11. The van der Waals surface area contributed by atoms with E-state index in [0.717, 1.165) is 13.0 Å². The molecule has 2 rings (SSSR count). The normalized spacial score (nSPS) is 13.3. The van der Waals surface area contributed by atoms with Crippen LogP contribution >= 0.6 is 0 Å². The van der Waals surface area contributed by atoms with Crippen molar-refractivity contribution in [3.63, 3.8) is 0 Å². The summed E-state index contributed by atoms with van der Waals surface area (Å²) < 4.78 is 2.20. The van der Waals surface area contributed by atoms with Gasteiger partial charge in [0.15, 0.2) is 0 Å². The number of hydrogen-bond donors (Lipinski definition) is 2. The van der Waals surface area contributed by atoms with Crippen molar-refractivity contribution in [2.24, 2.45) is 18.7 Å². The van der Waals surface area contributed by atoms with Crippen LogP contribution < -0.4 is 11.1 Å². The van der Waals surface area contributed by atoms with Gasteiger partial charge in [0.1, 0.15) is 0 Å². The third-order valence-electron chi connectivity index (χ3n) is 3.84. The lowest BCUT2D eigenvalue weighted by Crippen LogP contribution is -2.41. The first-order chi connectivity index (χ1) is 9.13. The van der Waals surface area contributed by atoms with Gasteiger partial charge in [-0.2, -0.15) is 0 Å². The molecule has 0 aliphatic carbocycles. The number of nitrogens with zero attached hydrogens (tertiary/aromatic N) is 1. The molecule has 0 radical (unpaired) electrons. The summed E-state index contributed by atoms with van der Waals surface area (Å²) in [7, 11) is 2.11. The van der Waals surface area contributed by atoms with E-state index in [1.807, 2.05) is 0 Å². The zero-order chi connectivity index (χ0) is 13.8. The Hall–Kier alpha value is -1.32. The summed E-state index contributed by atoms with van der Waals surface area (Å²) in [6.07, 6.45) is 3.28. The lowest BCUT2D eigenvalue weighted by atomic mass is 10.0. The van der Waals surface area contributed by atoms with Crippen molar-refractivity contribution in [3.05, 3.63) is 36.0 Å². The third-order valence-corrected chi connectivity index (χ3v) is 3.84. The van der Waals surface area contributed by atoms with Crippen molar-refractivity contribution >= 4 is 10.9 Å². The summed E-state index contributed by atoms with van der Waals surface area (Å²) in [4.78, 5) is 0. The lowest BCUT2D eigenvalue weighted by molar-refractivity contribution is 0.409. The molecule has 1 unspecified atom stereocenters. The Morgan fingerprint density at radius 1 is 1.26 bits per heavy atom. The van der Waals surface area contributed by atoms with Crippen LogP contribution in [0.1, 0.15) is 19.4 Å². The Bertz CT molecular complexity index is 528. The summed E-state index contributed by atoms with van der Waals surface area (Å²) in [5.41, 5.74) is 8.49. The van der Waals surface area contributed by atoms with Gasteiger partial charge in [-0.3, -0.25) is 0 Å². The molecule has 3 N–H and O–H groups in total. The molecule has 0 saturated carbocycles. The number of fused-ring (bicyclic) bond motifs is 1. The molecule has 3 nitrogen and oxygen atoms in total. The maximum absolute atomic E-state index is 5.78. The number of aryl methyl sites for hydroxylation is 1. The van der Waals surface area contributed by atoms with Crippen molar-refractivity contribution in [3.8, 4) is 0 Å². The predicted octanol–water partition coefficient (Wildman–Crippen LogP) is 2.29. The molecule has 104 valence electrons. The SMILES string of the molecule is CC(C)C(CN)NCCc1cn(C)c2ccccc12. The van der Waals surface area contributed by atoms with Crippen LogP contribution in [0, 0.1) is 5.92 Å². The third kappa shape index (κ3) is 3.17. The van der Waals surface area contributed by atoms with E-state index >= 15 is 0 Å². The molecule has 1 aromatic heterocycles. The molecule has 1 aromatic carbocycles. The number of nitrogens with two attached hydrogens (primary N) is 1. The van der Waals surface area contributed by atoms with Gasteiger partial charge in [0, 0.05) is 36.7 Å². The number of para-hydroxylation sites is 1. The molecule has 0 spiro atoms. The Morgan fingerprint density at radius 3 is 2.68 bits per heavy atom. The second-order valence-corrected chi connectivity index (χ2v) is 5.57. The Balaban J connectivity index is 2.02. The van der Waals surface area contributed by atoms with Gasteiger partial charge in [-0.1, -0.05) is 32.0 Å². The summed E-state index contributed by atoms with van der Waals surface area (Å²) in [5.74, 6) is 0.581. The van der Waals surface area contributed by atoms with Crippen LogP contribution in [0.3, 0.4) is 0 Å². The first-order valence-corrected chi connectivity index (χ1v) is 7.10. The van der Waals surface area contributed by atoms with E-state index in [9.17, 15) is 0 Å². The van der Waals surface area contributed by atoms with Crippen molar-refractivity contribution < 1.29 is 0 Å². The molecule has 3 heteroatoms. The highest BCUT2D eigenvalue weighted by atomic mass is 14.9. The van der Waals surface area contributed by atoms with E-state index in [1.54, 1.807) is 0 Å². The zero-order valence-corrected chi connectivity index (χ0v) is 12.2. The highest BCUT2D eigenvalue weighted by Crippen LogP contribution is 2.20. The minimum Gasteiger partial charge on any atom is -0.350 e. The standard InChI is InChI=1S/C16H25N3/c1-12(2)15(10-17)18-9-8-13-11-19(3)16-7-5-4-6-14(13)16/h4-7,11-12,15,18H,8-10,17H2,1-3H3. The van der Waals surface area contributed by atoms with Gasteiger partial charge in [-0.05, 0) is 30.5 Å². The molecule has 1 heterocycles. The molecule has 0 aliphatic rings. The van der Waals surface area contributed by atoms with E-state index in [4.69, 9.17) is 5.73 Å². The van der Waals surface area contributed by atoms with Gasteiger partial charge in [0.25, 0.3) is 0 Å². The van der Waals surface area contributed by atoms with Gasteiger partial charge in [0.05, 0.1) is 0 Å². The van der Waals surface area contributed by atoms with E-state index in [1.165, 1.54) is 16.5 Å². The number of hydrogen-bond acceptors (Lipinski definition) is 2. The number of aromatic nitrogens is 1. The number of benzene rings is 1. The molecule has 0 fully saturated rings. The molecule has 0 bridgehead atoms. The monoisotopic (exact) mass is 259 g/mol. The highest BCUT2D eigenvalue weighted by molar-refractivity contribution is 5.83.